The lowest BCUT2D eigenvalue weighted by Gasteiger charge is -2.59. The van der Waals surface area contributed by atoms with Crippen LogP contribution in [0.15, 0.2) is 54.6 Å². The van der Waals surface area contributed by atoms with Gasteiger partial charge < -0.3 is 14.9 Å². The first-order valence-electron chi connectivity index (χ1n) is 9.72. The summed E-state index contributed by atoms with van der Waals surface area (Å²) in [5.41, 5.74) is 1.91. The number of carbonyl (C=O) groups is 2. The summed E-state index contributed by atoms with van der Waals surface area (Å²) < 4.78 is 38.5. The van der Waals surface area contributed by atoms with Gasteiger partial charge in [0.1, 0.15) is 6.42 Å². The van der Waals surface area contributed by atoms with Crippen LogP contribution in [-0.2, 0) is 16.0 Å². The van der Waals surface area contributed by atoms with Crippen molar-refractivity contribution in [3.63, 3.8) is 0 Å². The minimum atomic E-state index is -4.61. The Morgan fingerprint density at radius 3 is 2.33 bits per heavy atom. The van der Waals surface area contributed by atoms with Crippen molar-refractivity contribution in [2.24, 2.45) is 0 Å². The topological polar surface area (TPSA) is 60.9 Å². The predicted octanol–water partition coefficient (Wildman–Crippen LogP) is 2.88. The molecule has 2 aromatic rings. The van der Waals surface area contributed by atoms with Gasteiger partial charge in [0.15, 0.2) is 0 Å². The fourth-order valence-electron chi connectivity index (χ4n) is 4.60. The molecular formula is C22H21F3N2O3. The van der Waals surface area contributed by atoms with Crippen LogP contribution in [0.25, 0.3) is 0 Å². The lowest BCUT2D eigenvalue weighted by atomic mass is 9.71. The predicted molar refractivity (Wildman–Crippen MR) is 104 cm³/mol. The highest BCUT2D eigenvalue weighted by atomic mass is 19.4. The first kappa shape index (κ1) is 20.4. The molecule has 1 fully saturated rings. The van der Waals surface area contributed by atoms with Crippen molar-refractivity contribution in [3.8, 4) is 0 Å². The molecule has 158 valence electrons. The second kappa shape index (κ2) is 7.75. The van der Waals surface area contributed by atoms with Crippen LogP contribution in [0.2, 0.25) is 0 Å². The maximum atomic E-state index is 13.0. The molecule has 0 unspecified atom stereocenters. The molecule has 2 aliphatic heterocycles. The SMILES string of the molecule is O=C(CC(F)(F)F)N1C[C@@H]2[C@H](c3ccccc31)[C@@H](CO)N2C(=O)Cc1ccccc1. The van der Waals surface area contributed by atoms with Gasteiger partial charge in [0.05, 0.1) is 25.1 Å². The molecule has 0 saturated carbocycles. The van der Waals surface area contributed by atoms with Crippen molar-refractivity contribution in [2.75, 3.05) is 18.1 Å². The van der Waals surface area contributed by atoms with Crippen molar-refractivity contribution in [2.45, 2.75) is 37.0 Å². The highest BCUT2D eigenvalue weighted by molar-refractivity contribution is 5.96. The van der Waals surface area contributed by atoms with E-state index in [0.717, 1.165) is 10.5 Å². The van der Waals surface area contributed by atoms with Gasteiger partial charge in [-0.1, -0.05) is 48.5 Å². The number of fused-ring (bicyclic) bond motifs is 3. The van der Waals surface area contributed by atoms with E-state index in [4.69, 9.17) is 0 Å². The maximum absolute atomic E-state index is 13.0. The average Bonchev–Trinajstić information content (AvgIpc) is 2.67. The fraction of sp³-hybridized carbons (Fsp3) is 0.364. The van der Waals surface area contributed by atoms with Gasteiger partial charge in [0.2, 0.25) is 11.8 Å². The maximum Gasteiger partial charge on any atom is 0.397 e. The van der Waals surface area contributed by atoms with Crippen molar-refractivity contribution in [1.29, 1.82) is 0 Å². The number of alkyl halides is 3. The standard InChI is InChI=1S/C22H21F3N2O3/c23-22(24,25)11-20(30)26-12-17-21(15-8-4-5-9-16(15)26)18(13-28)27(17)19(29)10-14-6-2-1-3-7-14/h1-9,17-18,21,28H,10-13H2/t17-,18-,21+/m1/s1. The summed E-state index contributed by atoms with van der Waals surface area (Å²) in [5.74, 6) is -1.48. The number of aliphatic hydroxyl groups excluding tert-OH is 1. The fourth-order valence-corrected chi connectivity index (χ4v) is 4.60. The number of hydrogen-bond donors (Lipinski definition) is 1. The zero-order chi connectivity index (χ0) is 21.5. The van der Waals surface area contributed by atoms with Crippen LogP contribution in [0.5, 0.6) is 0 Å². The first-order valence-corrected chi connectivity index (χ1v) is 9.72. The van der Waals surface area contributed by atoms with Crippen LogP contribution in [0.3, 0.4) is 0 Å². The third-order valence-electron chi connectivity index (χ3n) is 5.83. The van der Waals surface area contributed by atoms with Gasteiger partial charge in [0, 0.05) is 18.2 Å². The molecule has 2 heterocycles. The van der Waals surface area contributed by atoms with E-state index in [1.165, 1.54) is 4.90 Å². The van der Waals surface area contributed by atoms with Gasteiger partial charge in [0.25, 0.3) is 0 Å². The van der Waals surface area contributed by atoms with E-state index >= 15 is 0 Å². The van der Waals surface area contributed by atoms with Crippen molar-refractivity contribution in [3.05, 3.63) is 65.7 Å². The number of rotatable bonds is 4. The monoisotopic (exact) mass is 418 g/mol. The van der Waals surface area contributed by atoms with E-state index in [2.05, 4.69) is 0 Å². The molecule has 2 aliphatic rings. The Bertz CT molecular complexity index is 948. The molecular weight excluding hydrogens is 397 g/mol. The first-order chi connectivity index (χ1) is 14.3. The van der Waals surface area contributed by atoms with Gasteiger partial charge in [-0.2, -0.15) is 13.2 Å². The van der Waals surface area contributed by atoms with Crippen molar-refractivity contribution < 1.29 is 27.9 Å². The third-order valence-corrected chi connectivity index (χ3v) is 5.83. The van der Waals surface area contributed by atoms with Gasteiger partial charge in [-0.3, -0.25) is 9.59 Å². The van der Waals surface area contributed by atoms with Crippen LogP contribution < -0.4 is 4.90 Å². The Labute approximate surface area is 171 Å². The molecule has 1 saturated heterocycles. The second-order valence-corrected chi connectivity index (χ2v) is 7.66. The van der Waals surface area contributed by atoms with Crippen LogP contribution in [0, 0.1) is 0 Å². The summed E-state index contributed by atoms with van der Waals surface area (Å²) in [5, 5.41) is 9.94. The number of para-hydroxylation sites is 1. The lowest BCUT2D eigenvalue weighted by molar-refractivity contribution is -0.155. The van der Waals surface area contributed by atoms with Crippen LogP contribution in [0.4, 0.5) is 18.9 Å². The smallest absolute Gasteiger partial charge is 0.394 e. The third kappa shape index (κ3) is 3.67. The summed E-state index contributed by atoms with van der Waals surface area (Å²) >= 11 is 0. The quantitative estimate of drug-likeness (QED) is 0.831. The Balaban J connectivity index is 1.63. The zero-order valence-electron chi connectivity index (χ0n) is 16.0. The minimum Gasteiger partial charge on any atom is -0.394 e. The number of amides is 2. The molecule has 0 spiro atoms. The summed E-state index contributed by atoms with van der Waals surface area (Å²) in [7, 11) is 0. The summed E-state index contributed by atoms with van der Waals surface area (Å²) in [4.78, 5) is 28.0. The van der Waals surface area contributed by atoms with Crippen LogP contribution >= 0.6 is 0 Å². The van der Waals surface area contributed by atoms with Crippen molar-refractivity contribution >= 4 is 17.5 Å². The number of halogens is 3. The molecule has 2 aromatic carbocycles. The number of carbonyl (C=O) groups excluding carboxylic acids is 2. The summed E-state index contributed by atoms with van der Waals surface area (Å²) in [6.07, 6.45) is -6.04. The summed E-state index contributed by atoms with van der Waals surface area (Å²) in [6, 6.07) is 15.0. The van der Waals surface area contributed by atoms with Gasteiger partial charge in [-0.25, -0.2) is 0 Å². The molecule has 4 rings (SSSR count). The Morgan fingerprint density at radius 1 is 1.00 bits per heavy atom. The van der Waals surface area contributed by atoms with E-state index in [1.54, 1.807) is 24.3 Å². The molecule has 1 N–H and O–H groups in total. The van der Waals surface area contributed by atoms with Gasteiger partial charge in [-0.05, 0) is 17.2 Å². The van der Waals surface area contributed by atoms with E-state index in [0.29, 0.717) is 11.3 Å². The molecule has 3 atom stereocenters. The average molecular weight is 418 g/mol. The Kier molecular flexibility index (Phi) is 5.27. The number of likely N-dealkylation sites (tertiary alicyclic amines) is 1. The van der Waals surface area contributed by atoms with Crippen molar-refractivity contribution in [1.82, 2.24) is 4.90 Å². The van der Waals surface area contributed by atoms with E-state index in [1.807, 2.05) is 30.3 Å². The van der Waals surface area contributed by atoms with E-state index < -0.39 is 30.6 Å². The molecule has 0 bridgehead atoms. The highest BCUT2D eigenvalue weighted by Gasteiger charge is 2.55. The molecule has 0 aliphatic carbocycles. The Morgan fingerprint density at radius 2 is 1.67 bits per heavy atom. The zero-order valence-corrected chi connectivity index (χ0v) is 16.0. The number of benzene rings is 2. The lowest BCUT2D eigenvalue weighted by Crippen LogP contribution is -2.71. The highest BCUT2D eigenvalue weighted by Crippen LogP contribution is 2.48. The number of aliphatic hydroxyl groups is 1. The van der Waals surface area contributed by atoms with E-state index in [-0.39, 0.29) is 31.4 Å². The molecule has 5 nitrogen and oxygen atoms in total. The number of anilines is 1. The van der Waals surface area contributed by atoms with Crippen LogP contribution in [0.1, 0.15) is 23.5 Å². The van der Waals surface area contributed by atoms with Crippen LogP contribution in [-0.4, -0.2) is 53.2 Å². The summed E-state index contributed by atoms with van der Waals surface area (Å²) in [6.45, 7) is -0.278. The molecule has 30 heavy (non-hydrogen) atoms. The molecule has 0 aromatic heterocycles. The minimum absolute atomic E-state index is 0.0202. The normalized spacial score (nSPS) is 22.7. The largest absolute Gasteiger partial charge is 0.397 e. The molecule has 0 radical (unpaired) electrons. The van der Waals surface area contributed by atoms with Gasteiger partial charge in [-0.15, -0.1) is 0 Å². The number of hydrogen-bond acceptors (Lipinski definition) is 3. The Hall–Kier alpha value is -2.87. The molecule has 8 heteroatoms. The molecule has 2 amide bonds. The number of nitrogens with zero attached hydrogens (tertiary/aromatic N) is 2. The second-order valence-electron chi connectivity index (χ2n) is 7.66. The van der Waals surface area contributed by atoms with E-state index in [9.17, 15) is 27.9 Å². The van der Waals surface area contributed by atoms with Gasteiger partial charge >= 0.3 is 6.18 Å².